The van der Waals surface area contributed by atoms with Crippen molar-refractivity contribution in [1.29, 1.82) is 0 Å². The van der Waals surface area contributed by atoms with Gasteiger partial charge in [-0.15, -0.1) is 0 Å². The normalized spacial score (nSPS) is 23.7. The second kappa shape index (κ2) is 6.96. The largest absolute Gasteiger partial charge is 0.494 e. The van der Waals surface area contributed by atoms with E-state index in [0.717, 1.165) is 22.1 Å². The molecule has 0 spiro atoms. The Labute approximate surface area is 181 Å². The molecule has 4 nitrogen and oxygen atoms in total. The lowest BCUT2D eigenvalue weighted by Gasteiger charge is -2.32. The van der Waals surface area contributed by atoms with Gasteiger partial charge in [0.15, 0.2) is 0 Å². The van der Waals surface area contributed by atoms with Crippen molar-refractivity contribution in [3.8, 4) is 11.1 Å². The fourth-order valence-corrected chi connectivity index (χ4v) is 3.62. The Morgan fingerprint density at radius 2 is 0.667 bits per heavy atom. The van der Waals surface area contributed by atoms with Crippen LogP contribution in [0.2, 0.25) is 0 Å². The fraction of sp³-hybridized carbons (Fsp3) is 0.500. The van der Waals surface area contributed by atoms with E-state index in [4.69, 9.17) is 18.6 Å². The molecular formula is C24H32B2O4. The van der Waals surface area contributed by atoms with Crippen LogP contribution in [0.15, 0.2) is 48.5 Å². The van der Waals surface area contributed by atoms with E-state index >= 15 is 0 Å². The van der Waals surface area contributed by atoms with Crippen LogP contribution in [-0.2, 0) is 18.6 Å². The zero-order valence-corrected chi connectivity index (χ0v) is 19.4. The number of hydrogen-bond acceptors (Lipinski definition) is 4. The third kappa shape index (κ3) is 3.64. The standard InChI is InChI=1S/C24H32B2O4/c1-21(2)22(3,4)28-25(27-21)19-13-9-17(10-14-19)18-11-15-20(16-12-18)26-29-23(5,6)24(7,8)30-26/h9-16H,1-8H3. The van der Waals surface area contributed by atoms with Gasteiger partial charge in [-0.05, 0) is 77.4 Å². The molecule has 0 amide bonds. The van der Waals surface area contributed by atoms with E-state index < -0.39 is 0 Å². The quantitative estimate of drug-likeness (QED) is 0.724. The molecule has 2 aromatic carbocycles. The Kier molecular flexibility index (Phi) is 5.02. The SMILES string of the molecule is CC1(C)OB(c2ccc(-c3ccc(B4OC(C)(C)C(C)(C)O4)cc3)cc2)OC1(C)C. The van der Waals surface area contributed by atoms with Gasteiger partial charge in [-0.3, -0.25) is 0 Å². The Hall–Kier alpha value is -1.59. The summed E-state index contributed by atoms with van der Waals surface area (Å²) in [5.41, 5.74) is 3.03. The molecular weight excluding hydrogens is 374 g/mol. The molecule has 0 saturated carbocycles. The first-order chi connectivity index (χ1) is 13.8. The van der Waals surface area contributed by atoms with E-state index in [2.05, 4.69) is 104 Å². The number of benzene rings is 2. The average molecular weight is 406 g/mol. The highest BCUT2D eigenvalue weighted by Crippen LogP contribution is 2.37. The monoisotopic (exact) mass is 406 g/mol. The zero-order valence-electron chi connectivity index (χ0n) is 19.4. The van der Waals surface area contributed by atoms with Crippen LogP contribution in [0.25, 0.3) is 11.1 Å². The highest BCUT2D eigenvalue weighted by Gasteiger charge is 2.52. The summed E-state index contributed by atoms with van der Waals surface area (Å²) in [7, 11) is -0.676. The summed E-state index contributed by atoms with van der Waals surface area (Å²) in [4.78, 5) is 0. The molecule has 2 heterocycles. The van der Waals surface area contributed by atoms with Crippen molar-refractivity contribution < 1.29 is 18.6 Å². The van der Waals surface area contributed by atoms with Gasteiger partial charge in [-0.2, -0.15) is 0 Å². The predicted molar refractivity (Wildman–Crippen MR) is 123 cm³/mol. The summed E-state index contributed by atoms with van der Waals surface area (Å²) in [6.45, 7) is 16.6. The molecule has 0 N–H and O–H groups in total. The van der Waals surface area contributed by atoms with Crippen molar-refractivity contribution in [2.24, 2.45) is 0 Å². The van der Waals surface area contributed by atoms with E-state index in [-0.39, 0.29) is 36.6 Å². The van der Waals surface area contributed by atoms with Crippen LogP contribution in [0.1, 0.15) is 55.4 Å². The maximum atomic E-state index is 6.15. The lowest BCUT2D eigenvalue weighted by molar-refractivity contribution is 0.00578. The first-order valence-corrected chi connectivity index (χ1v) is 10.7. The molecule has 0 aromatic heterocycles. The van der Waals surface area contributed by atoms with Crippen molar-refractivity contribution in [2.45, 2.75) is 77.8 Å². The molecule has 6 heteroatoms. The van der Waals surface area contributed by atoms with E-state index in [0.29, 0.717) is 0 Å². The van der Waals surface area contributed by atoms with E-state index in [1.165, 1.54) is 0 Å². The van der Waals surface area contributed by atoms with Gasteiger partial charge in [0, 0.05) is 0 Å². The molecule has 0 radical (unpaired) electrons. The smallest absolute Gasteiger partial charge is 0.399 e. The highest BCUT2D eigenvalue weighted by atomic mass is 16.7. The molecule has 30 heavy (non-hydrogen) atoms. The number of hydrogen-bond donors (Lipinski definition) is 0. The van der Waals surface area contributed by atoms with Crippen molar-refractivity contribution in [1.82, 2.24) is 0 Å². The van der Waals surface area contributed by atoms with Gasteiger partial charge in [0.05, 0.1) is 22.4 Å². The van der Waals surface area contributed by atoms with Crippen LogP contribution in [0.5, 0.6) is 0 Å². The van der Waals surface area contributed by atoms with Crippen molar-refractivity contribution in [2.75, 3.05) is 0 Å². The van der Waals surface area contributed by atoms with Crippen LogP contribution in [0.4, 0.5) is 0 Å². The summed E-state index contributed by atoms with van der Waals surface area (Å²) in [5.74, 6) is 0. The first kappa shape index (κ1) is 21.6. The van der Waals surface area contributed by atoms with Gasteiger partial charge in [-0.1, -0.05) is 48.5 Å². The van der Waals surface area contributed by atoms with Crippen LogP contribution in [0, 0.1) is 0 Å². The fourth-order valence-electron chi connectivity index (χ4n) is 3.62. The van der Waals surface area contributed by atoms with Crippen LogP contribution in [-0.4, -0.2) is 36.6 Å². The van der Waals surface area contributed by atoms with Gasteiger partial charge in [-0.25, -0.2) is 0 Å². The van der Waals surface area contributed by atoms with Gasteiger partial charge in [0.1, 0.15) is 0 Å². The van der Waals surface area contributed by atoms with Gasteiger partial charge in [0.2, 0.25) is 0 Å². The Morgan fingerprint density at radius 1 is 0.433 bits per heavy atom. The van der Waals surface area contributed by atoms with Gasteiger partial charge < -0.3 is 18.6 Å². The molecule has 2 aliphatic rings. The lowest BCUT2D eigenvalue weighted by Crippen LogP contribution is -2.41. The molecule has 0 aliphatic carbocycles. The maximum Gasteiger partial charge on any atom is 0.494 e. The van der Waals surface area contributed by atoms with Gasteiger partial charge in [0.25, 0.3) is 0 Å². The molecule has 0 unspecified atom stereocenters. The van der Waals surface area contributed by atoms with Crippen molar-refractivity contribution in [3.63, 3.8) is 0 Å². The Morgan fingerprint density at radius 3 is 0.900 bits per heavy atom. The highest BCUT2D eigenvalue weighted by molar-refractivity contribution is 6.62. The topological polar surface area (TPSA) is 36.9 Å². The summed E-state index contributed by atoms with van der Waals surface area (Å²) < 4.78 is 24.6. The molecule has 2 fully saturated rings. The summed E-state index contributed by atoms with van der Waals surface area (Å²) in [5, 5.41) is 0. The predicted octanol–water partition coefficient (Wildman–Crippen LogP) is 3.95. The van der Waals surface area contributed by atoms with E-state index in [1.54, 1.807) is 0 Å². The Balaban J connectivity index is 1.48. The van der Waals surface area contributed by atoms with Crippen LogP contribution < -0.4 is 10.9 Å². The Bertz CT molecular complexity index is 808. The second-order valence-electron chi connectivity index (χ2n) is 10.4. The van der Waals surface area contributed by atoms with Crippen LogP contribution in [0.3, 0.4) is 0 Å². The third-order valence-corrected chi connectivity index (χ3v) is 7.21. The average Bonchev–Trinajstić information content (AvgIpc) is 3.02. The first-order valence-electron chi connectivity index (χ1n) is 10.7. The maximum absolute atomic E-state index is 6.15. The number of rotatable bonds is 3. The minimum atomic E-state index is -0.338. The van der Waals surface area contributed by atoms with E-state index in [1.807, 2.05) is 0 Å². The molecule has 2 saturated heterocycles. The lowest BCUT2D eigenvalue weighted by atomic mass is 9.77. The molecule has 0 atom stereocenters. The second-order valence-corrected chi connectivity index (χ2v) is 10.4. The molecule has 158 valence electrons. The molecule has 4 rings (SSSR count). The van der Waals surface area contributed by atoms with Crippen LogP contribution >= 0.6 is 0 Å². The van der Waals surface area contributed by atoms with E-state index in [9.17, 15) is 0 Å². The molecule has 0 bridgehead atoms. The van der Waals surface area contributed by atoms with Crippen molar-refractivity contribution in [3.05, 3.63) is 48.5 Å². The zero-order chi connectivity index (χ0) is 21.9. The van der Waals surface area contributed by atoms with Crippen molar-refractivity contribution >= 4 is 25.2 Å². The summed E-state index contributed by atoms with van der Waals surface area (Å²) in [6, 6.07) is 16.8. The van der Waals surface area contributed by atoms with Gasteiger partial charge >= 0.3 is 14.2 Å². The minimum absolute atomic E-state index is 0.334. The molecule has 2 aliphatic heterocycles. The summed E-state index contributed by atoms with van der Waals surface area (Å²) in [6.07, 6.45) is 0. The third-order valence-electron chi connectivity index (χ3n) is 7.21. The molecule has 2 aromatic rings. The summed E-state index contributed by atoms with van der Waals surface area (Å²) >= 11 is 0. The minimum Gasteiger partial charge on any atom is -0.399 e.